The quantitative estimate of drug-likeness (QED) is 0.597. The molecule has 3 aliphatic rings. The first kappa shape index (κ1) is 17.8. The molecule has 1 nitrogen and oxygen atoms in total. The Morgan fingerprint density at radius 3 is 1.89 bits per heavy atom. The van der Waals surface area contributed by atoms with Crippen LogP contribution in [-0.4, -0.2) is 30.0 Å². The van der Waals surface area contributed by atoms with E-state index < -0.39 is 11.3 Å². The van der Waals surface area contributed by atoms with Crippen molar-refractivity contribution >= 4 is 0 Å². The Bertz CT molecular complexity index is 217. The van der Waals surface area contributed by atoms with Gasteiger partial charge in [-0.1, -0.05) is 41.5 Å². The molecule has 2 heterocycles. The highest BCUT2D eigenvalue weighted by molar-refractivity contribution is 5.17. The summed E-state index contributed by atoms with van der Waals surface area (Å²) in [5, 5.41) is 0. The maximum absolute atomic E-state index is 13.0. The molecule has 2 atom stereocenters. The average Bonchev–Trinajstić information content (AvgIpc) is 2.75. The van der Waals surface area contributed by atoms with Crippen LogP contribution in [-0.2, 0) is 0 Å². The molecule has 0 N–H and O–H groups in total. The second kappa shape index (κ2) is 7.42. The first-order chi connectivity index (χ1) is 8.63. The molecular weight excluding hydrogens is 232 g/mol. The van der Waals surface area contributed by atoms with Gasteiger partial charge in [0.25, 0.3) is 5.92 Å². The van der Waals surface area contributed by atoms with Gasteiger partial charge in [0.2, 0.25) is 0 Å². The zero-order valence-electron chi connectivity index (χ0n) is 13.0. The van der Waals surface area contributed by atoms with Crippen LogP contribution in [0.3, 0.4) is 0 Å². The van der Waals surface area contributed by atoms with E-state index in [0.717, 1.165) is 19.4 Å². The molecule has 0 aromatic carbocycles. The average molecular weight is 263 g/mol. The van der Waals surface area contributed by atoms with Crippen LogP contribution in [0.15, 0.2) is 0 Å². The number of rotatable bonds is 0. The van der Waals surface area contributed by atoms with Crippen LogP contribution in [0.2, 0.25) is 0 Å². The summed E-state index contributed by atoms with van der Waals surface area (Å²) in [4.78, 5) is 2.26. The van der Waals surface area contributed by atoms with Crippen LogP contribution in [0.25, 0.3) is 0 Å². The number of hydrogen-bond donors (Lipinski definition) is 0. The molecule has 3 fully saturated rings. The van der Waals surface area contributed by atoms with Crippen molar-refractivity contribution in [2.45, 2.75) is 79.2 Å². The summed E-state index contributed by atoms with van der Waals surface area (Å²) < 4.78 is 25.9. The number of nitrogens with zero attached hydrogens (tertiary/aromatic N) is 1. The molecular formula is C15H31F2N. The summed E-state index contributed by atoms with van der Waals surface area (Å²) in [5.41, 5.74) is -0.571. The van der Waals surface area contributed by atoms with E-state index in [2.05, 4.69) is 4.90 Å². The van der Waals surface area contributed by atoms with Gasteiger partial charge in [-0.2, -0.15) is 0 Å². The van der Waals surface area contributed by atoms with E-state index in [9.17, 15) is 8.78 Å². The molecule has 0 amide bonds. The molecule has 0 bridgehead atoms. The molecule has 1 aliphatic carbocycles. The van der Waals surface area contributed by atoms with Gasteiger partial charge in [-0.25, -0.2) is 8.78 Å². The highest BCUT2D eigenvalue weighted by atomic mass is 19.3. The number of halogens is 2. The van der Waals surface area contributed by atoms with Gasteiger partial charge in [-0.15, -0.1) is 0 Å². The zero-order chi connectivity index (χ0) is 14.4. The molecule has 2 unspecified atom stereocenters. The van der Waals surface area contributed by atoms with Gasteiger partial charge in [0, 0.05) is 19.0 Å². The summed E-state index contributed by atoms with van der Waals surface area (Å²) in [6.45, 7) is 13.7. The smallest absolute Gasteiger partial charge is 0.255 e. The first-order valence-corrected chi connectivity index (χ1v) is 7.75. The fourth-order valence-electron chi connectivity index (χ4n) is 3.01. The van der Waals surface area contributed by atoms with Gasteiger partial charge in [0.15, 0.2) is 0 Å². The number of fused-ring (bicyclic) bond motifs is 1. The van der Waals surface area contributed by atoms with Crippen molar-refractivity contribution in [3.8, 4) is 0 Å². The molecule has 110 valence electrons. The lowest BCUT2D eigenvalue weighted by Gasteiger charge is -2.12. The second-order valence-corrected chi connectivity index (χ2v) is 4.63. The molecule has 1 spiro atoms. The van der Waals surface area contributed by atoms with Crippen molar-refractivity contribution < 1.29 is 8.78 Å². The number of hydrogen-bond acceptors (Lipinski definition) is 1. The minimum Gasteiger partial charge on any atom is -0.300 e. The first-order valence-electron chi connectivity index (χ1n) is 7.75. The van der Waals surface area contributed by atoms with Gasteiger partial charge >= 0.3 is 0 Å². The number of alkyl halides is 2. The standard InChI is InChI=1S/C9H13F2N.3C2H6/c10-9(11)5-8(9)4-7-2-1-3-12(7)6-8;3*1-2/h7H,1-6H2;3*1-2H3. The van der Waals surface area contributed by atoms with Crippen molar-refractivity contribution in [1.82, 2.24) is 4.90 Å². The molecule has 3 rings (SSSR count). The third-order valence-electron chi connectivity index (χ3n) is 3.84. The maximum atomic E-state index is 13.0. The van der Waals surface area contributed by atoms with Crippen LogP contribution < -0.4 is 0 Å². The summed E-state index contributed by atoms with van der Waals surface area (Å²) in [7, 11) is 0. The topological polar surface area (TPSA) is 3.24 Å². The van der Waals surface area contributed by atoms with Crippen molar-refractivity contribution in [3.63, 3.8) is 0 Å². The molecule has 0 aromatic rings. The molecule has 2 aliphatic heterocycles. The maximum Gasteiger partial charge on any atom is 0.255 e. The van der Waals surface area contributed by atoms with Gasteiger partial charge in [-0.3, -0.25) is 4.90 Å². The normalized spacial score (nSPS) is 34.3. The Hall–Kier alpha value is -0.180. The largest absolute Gasteiger partial charge is 0.300 e. The van der Waals surface area contributed by atoms with Crippen molar-refractivity contribution in [1.29, 1.82) is 0 Å². The summed E-state index contributed by atoms with van der Waals surface area (Å²) >= 11 is 0. The predicted octanol–water partition coefficient (Wildman–Crippen LogP) is 4.96. The minimum absolute atomic E-state index is 0.160. The fourth-order valence-corrected chi connectivity index (χ4v) is 3.01. The SMILES string of the molecule is CC.CC.CC.FC1(F)CC12CC1CCCN1C2. The van der Waals surface area contributed by atoms with Gasteiger partial charge < -0.3 is 0 Å². The monoisotopic (exact) mass is 263 g/mol. The molecule has 2 saturated heterocycles. The Morgan fingerprint density at radius 1 is 1.00 bits per heavy atom. The van der Waals surface area contributed by atoms with Crippen molar-refractivity contribution in [2.24, 2.45) is 5.41 Å². The summed E-state index contributed by atoms with van der Waals surface area (Å²) in [5.74, 6) is -2.32. The van der Waals surface area contributed by atoms with Crippen LogP contribution in [0.5, 0.6) is 0 Å². The Kier molecular flexibility index (Phi) is 7.34. The highest BCUT2D eigenvalue weighted by Crippen LogP contribution is 2.67. The van der Waals surface area contributed by atoms with E-state index in [4.69, 9.17) is 0 Å². The van der Waals surface area contributed by atoms with Gasteiger partial charge in [-0.05, 0) is 25.8 Å². The lowest BCUT2D eigenvalue weighted by molar-refractivity contribution is 0.0660. The Balaban J connectivity index is 0.000000429. The van der Waals surface area contributed by atoms with Crippen LogP contribution in [0.1, 0.15) is 67.2 Å². The lowest BCUT2D eigenvalue weighted by Crippen LogP contribution is -2.23. The van der Waals surface area contributed by atoms with Crippen LogP contribution >= 0.6 is 0 Å². The summed E-state index contributed by atoms with van der Waals surface area (Å²) in [6.07, 6.45) is 3.29. The van der Waals surface area contributed by atoms with E-state index in [-0.39, 0.29) is 6.42 Å². The predicted molar refractivity (Wildman–Crippen MR) is 75.3 cm³/mol. The Labute approximate surface area is 112 Å². The minimum atomic E-state index is -2.32. The fraction of sp³-hybridized carbons (Fsp3) is 1.00. The van der Waals surface area contributed by atoms with E-state index in [1.165, 1.54) is 6.42 Å². The van der Waals surface area contributed by atoms with Crippen molar-refractivity contribution in [2.75, 3.05) is 13.1 Å². The highest BCUT2D eigenvalue weighted by Gasteiger charge is 2.74. The molecule has 3 heteroatoms. The van der Waals surface area contributed by atoms with E-state index >= 15 is 0 Å². The molecule has 18 heavy (non-hydrogen) atoms. The molecule has 0 aromatic heterocycles. The Morgan fingerprint density at radius 2 is 1.50 bits per heavy atom. The lowest BCUT2D eigenvalue weighted by atomic mass is 10.0. The van der Waals surface area contributed by atoms with E-state index in [1.807, 2.05) is 41.5 Å². The third-order valence-corrected chi connectivity index (χ3v) is 3.84. The van der Waals surface area contributed by atoms with Gasteiger partial charge in [0.05, 0.1) is 5.41 Å². The van der Waals surface area contributed by atoms with Crippen LogP contribution in [0, 0.1) is 5.41 Å². The summed E-state index contributed by atoms with van der Waals surface area (Å²) in [6, 6.07) is 0.498. The molecule has 1 saturated carbocycles. The zero-order valence-corrected chi connectivity index (χ0v) is 13.0. The molecule has 0 radical (unpaired) electrons. The van der Waals surface area contributed by atoms with Crippen molar-refractivity contribution in [3.05, 3.63) is 0 Å². The third kappa shape index (κ3) is 3.23. The van der Waals surface area contributed by atoms with E-state index in [0.29, 0.717) is 12.6 Å². The second-order valence-electron chi connectivity index (χ2n) is 4.63. The van der Waals surface area contributed by atoms with Gasteiger partial charge in [0.1, 0.15) is 0 Å². The van der Waals surface area contributed by atoms with E-state index in [1.54, 1.807) is 0 Å². The van der Waals surface area contributed by atoms with Crippen LogP contribution in [0.4, 0.5) is 8.78 Å².